The number of nitrogen functional groups attached to an aromatic ring is 1. The molecule has 0 aromatic carbocycles. The molecule has 3 rings (SSSR count). The van der Waals surface area contributed by atoms with Crippen molar-refractivity contribution in [3.8, 4) is 0 Å². The molecule has 2 fully saturated rings. The van der Waals surface area contributed by atoms with Gasteiger partial charge in [0.15, 0.2) is 5.13 Å². The summed E-state index contributed by atoms with van der Waals surface area (Å²) < 4.78 is 0. The van der Waals surface area contributed by atoms with Gasteiger partial charge in [0.25, 0.3) is 5.91 Å². The molecule has 0 radical (unpaired) electrons. The molecule has 0 unspecified atom stereocenters. The van der Waals surface area contributed by atoms with E-state index in [1.807, 2.05) is 0 Å². The van der Waals surface area contributed by atoms with Gasteiger partial charge in [-0.25, -0.2) is 4.98 Å². The van der Waals surface area contributed by atoms with Crippen molar-refractivity contribution in [2.45, 2.75) is 31.7 Å². The highest BCUT2D eigenvalue weighted by Gasteiger charge is 2.27. The highest BCUT2D eigenvalue weighted by molar-refractivity contribution is 7.18. The predicted octanol–water partition coefficient (Wildman–Crippen LogP) is 1.22. The first-order chi connectivity index (χ1) is 8.24. The summed E-state index contributed by atoms with van der Waals surface area (Å²) in [7, 11) is 0. The number of thiazole rings is 1. The molecule has 1 aliphatic carbocycles. The molecule has 17 heavy (non-hydrogen) atoms. The molecule has 0 spiro atoms. The number of nitrogens with one attached hydrogen (secondary N) is 1. The molecular weight excluding hydrogens is 236 g/mol. The lowest BCUT2D eigenvalue weighted by atomic mass is 10.4. The first kappa shape index (κ1) is 10.8. The van der Waals surface area contributed by atoms with Gasteiger partial charge < -0.3 is 16.0 Å². The molecule has 1 saturated carbocycles. The van der Waals surface area contributed by atoms with Gasteiger partial charge in [0, 0.05) is 19.1 Å². The molecule has 1 aliphatic heterocycles. The van der Waals surface area contributed by atoms with E-state index >= 15 is 0 Å². The summed E-state index contributed by atoms with van der Waals surface area (Å²) in [6.07, 6.45) is 4.57. The van der Waals surface area contributed by atoms with E-state index in [0.717, 1.165) is 31.1 Å². The number of amides is 1. The summed E-state index contributed by atoms with van der Waals surface area (Å²) in [6.45, 7) is 2.05. The molecule has 5 nitrogen and oxygen atoms in total. The monoisotopic (exact) mass is 252 g/mol. The van der Waals surface area contributed by atoms with Crippen LogP contribution in [0.3, 0.4) is 0 Å². The molecule has 3 N–H and O–H groups in total. The van der Waals surface area contributed by atoms with Crippen LogP contribution in [0.15, 0.2) is 0 Å². The molecule has 6 heteroatoms. The van der Waals surface area contributed by atoms with Gasteiger partial charge in [-0.05, 0) is 25.7 Å². The van der Waals surface area contributed by atoms with Gasteiger partial charge in [0.1, 0.15) is 10.7 Å². The minimum absolute atomic E-state index is 0.0621. The molecule has 1 aromatic rings. The van der Waals surface area contributed by atoms with Crippen molar-refractivity contribution in [1.82, 2.24) is 10.3 Å². The maximum absolute atomic E-state index is 11.9. The molecule has 0 atom stereocenters. The van der Waals surface area contributed by atoms with Crippen molar-refractivity contribution in [3.63, 3.8) is 0 Å². The molecule has 2 aliphatic rings. The Morgan fingerprint density at radius 2 is 2.12 bits per heavy atom. The van der Waals surface area contributed by atoms with Crippen LogP contribution in [0, 0.1) is 0 Å². The lowest BCUT2D eigenvalue weighted by Gasteiger charge is -2.11. The number of nitrogens with two attached hydrogens (primary N) is 1. The topological polar surface area (TPSA) is 71.2 Å². The largest absolute Gasteiger partial charge is 0.382 e. The number of rotatable bonds is 3. The highest BCUT2D eigenvalue weighted by Crippen LogP contribution is 2.31. The number of carbonyl (C=O) groups is 1. The minimum Gasteiger partial charge on any atom is -0.382 e. The lowest BCUT2D eigenvalue weighted by Crippen LogP contribution is -2.25. The van der Waals surface area contributed by atoms with Crippen LogP contribution < -0.4 is 16.0 Å². The van der Waals surface area contributed by atoms with Crippen LogP contribution >= 0.6 is 11.3 Å². The fourth-order valence-electron chi connectivity index (χ4n) is 2.01. The Hall–Kier alpha value is -1.30. The van der Waals surface area contributed by atoms with Crippen molar-refractivity contribution < 1.29 is 4.79 Å². The van der Waals surface area contributed by atoms with Gasteiger partial charge in [-0.15, -0.1) is 0 Å². The van der Waals surface area contributed by atoms with Crippen LogP contribution in [-0.4, -0.2) is 30.0 Å². The summed E-state index contributed by atoms with van der Waals surface area (Å²) in [4.78, 5) is 19.0. The third-order valence-corrected chi connectivity index (χ3v) is 4.27. The Kier molecular flexibility index (Phi) is 2.66. The predicted molar refractivity (Wildman–Crippen MR) is 68.5 cm³/mol. The van der Waals surface area contributed by atoms with E-state index in [2.05, 4.69) is 15.2 Å². The maximum atomic E-state index is 11.9. The second-order valence-electron chi connectivity index (χ2n) is 4.65. The molecule has 0 bridgehead atoms. The second-order valence-corrected chi connectivity index (χ2v) is 5.63. The molecule has 92 valence electrons. The number of hydrogen-bond acceptors (Lipinski definition) is 5. The van der Waals surface area contributed by atoms with Gasteiger partial charge >= 0.3 is 0 Å². The van der Waals surface area contributed by atoms with Gasteiger partial charge in [0.05, 0.1) is 0 Å². The summed E-state index contributed by atoms with van der Waals surface area (Å²) in [5.74, 6) is 0.308. The summed E-state index contributed by atoms with van der Waals surface area (Å²) in [5.41, 5.74) is 5.82. The fraction of sp³-hybridized carbons (Fsp3) is 0.636. The average Bonchev–Trinajstić information content (AvgIpc) is 2.83. The van der Waals surface area contributed by atoms with Crippen molar-refractivity contribution in [2.24, 2.45) is 0 Å². The van der Waals surface area contributed by atoms with E-state index in [0.29, 0.717) is 16.7 Å². The number of nitrogens with zero attached hydrogens (tertiary/aromatic N) is 2. The quantitative estimate of drug-likeness (QED) is 0.848. The van der Waals surface area contributed by atoms with Crippen LogP contribution in [0.1, 0.15) is 35.4 Å². The third-order valence-electron chi connectivity index (χ3n) is 3.14. The minimum atomic E-state index is -0.0621. The van der Waals surface area contributed by atoms with Crippen LogP contribution in [-0.2, 0) is 0 Å². The van der Waals surface area contributed by atoms with E-state index in [-0.39, 0.29) is 5.91 Å². The fourth-order valence-corrected chi connectivity index (χ4v) is 2.95. The molecular formula is C11H16N4OS. The van der Waals surface area contributed by atoms with Crippen molar-refractivity contribution >= 4 is 28.2 Å². The van der Waals surface area contributed by atoms with E-state index in [1.165, 1.54) is 24.2 Å². The van der Waals surface area contributed by atoms with E-state index in [1.54, 1.807) is 0 Å². The SMILES string of the molecule is Nc1nc(N2CCCC2)sc1C(=O)NC1CC1. The summed E-state index contributed by atoms with van der Waals surface area (Å²) in [5, 5.41) is 3.84. The zero-order valence-electron chi connectivity index (χ0n) is 9.61. The molecule has 1 aromatic heterocycles. The number of aromatic nitrogens is 1. The first-order valence-corrected chi connectivity index (χ1v) is 6.88. The standard InChI is InChI=1S/C11H16N4OS/c12-9-8(10(16)13-7-3-4-7)17-11(14-9)15-5-1-2-6-15/h7H,1-6,12H2,(H,13,16). The van der Waals surface area contributed by atoms with E-state index in [4.69, 9.17) is 5.73 Å². The second kappa shape index (κ2) is 4.18. The van der Waals surface area contributed by atoms with Crippen molar-refractivity contribution in [3.05, 3.63) is 4.88 Å². The van der Waals surface area contributed by atoms with Crippen LogP contribution in [0.5, 0.6) is 0 Å². The maximum Gasteiger partial charge on any atom is 0.265 e. The molecule has 1 saturated heterocycles. The first-order valence-electron chi connectivity index (χ1n) is 6.06. The van der Waals surface area contributed by atoms with Crippen LogP contribution in [0.2, 0.25) is 0 Å². The van der Waals surface area contributed by atoms with Gasteiger partial charge in [-0.1, -0.05) is 11.3 Å². The van der Waals surface area contributed by atoms with Crippen molar-refractivity contribution in [2.75, 3.05) is 23.7 Å². The Morgan fingerprint density at radius 1 is 1.41 bits per heavy atom. The van der Waals surface area contributed by atoms with E-state index < -0.39 is 0 Å². The zero-order chi connectivity index (χ0) is 11.8. The Labute approximate surface area is 104 Å². The Morgan fingerprint density at radius 3 is 2.76 bits per heavy atom. The van der Waals surface area contributed by atoms with Gasteiger partial charge in [0.2, 0.25) is 0 Å². The molecule has 2 heterocycles. The average molecular weight is 252 g/mol. The third kappa shape index (κ3) is 2.22. The summed E-state index contributed by atoms with van der Waals surface area (Å²) >= 11 is 1.41. The van der Waals surface area contributed by atoms with Crippen LogP contribution in [0.4, 0.5) is 10.9 Å². The number of hydrogen-bond donors (Lipinski definition) is 2. The zero-order valence-corrected chi connectivity index (χ0v) is 10.4. The highest BCUT2D eigenvalue weighted by atomic mass is 32.1. The van der Waals surface area contributed by atoms with Gasteiger partial charge in [-0.2, -0.15) is 0 Å². The summed E-state index contributed by atoms with van der Waals surface area (Å²) in [6, 6.07) is 0.360. The Bertz CT molecular complexity index is 435. The van der Waals surface area contributed by atoms with Gasteiger partial charge in [-0.3, -0.25) is 4.79 Å². The number of carbonyl (C=O) groups excluding carboxylic acids is 1. The van der Waals surface area contributed by atoms with Crippen molar-refractivity contribution in [1.29, 1.82) is 0 Å². The Balaban J connectivity index is 1.76. The van der Waals surface area contributed by atoms with Crippen LogP contribution in [0.25, 0.3) is 0 Å². The lowest BCUT2D eigenvalue weighted by molar-refractivity contribution is 0.0956. The van der Waals surface area contributed by atoms with E-state index in [9.17, 15) is 4.79 Å². The normalized spacial score (nSPS) is 19.6. The molecule has 1 amide bonds. The smallest absolute Gasteiger partial charge is 0.265 e. The number of anilines is 2.